The molecular formula is C41H75NO8. The van der Waals surface area contributed by atoms with Gasteiger partial charge in [0.15, 0.2) is 6.29 Å². The van der Waals surface area contributed by atoms with E-state index in [9.17, 15) is 30.3 Å². The normalized spacial score (nSPS) is 22.6. The smallest absolute Gasteiger partial charge is 0.220 e. The molecule has 1 fully saturated rings. The molecule has 6 N–H and O–H groups in total. The monoisotopic (exact) mass is 710 g/mol. The third kappa shape index (κ3) is 23.1. The molecule has 292 valence electrons. The van der Waals surface area contributed by atoms with Gasteiger partial charge in [0.05, 0.1) is 25.4 Å². The Morgan fingerprint density at radius 2 is 1.14 bits per heavy atom. The maximum absolute atomic E-state index is 12.8. The van der Waals surface area contributed by atoms with E-state index < -0.39 is 49.5 Å². The first kappa shape index (κ1) is 46.4. The SMILES string of the molecule is CCCCCCCCCCC/C=C/CC/C=C/CC/C=C/C(O)C(COC1OC(CO)C(O)C(O)C1O)NC(=O)CCCCCCCCCC. The largest absolute Gasteiger partial charge is 0.394 e. The Morgan fingerprint density at radius 1 is 0.660 bits per heavy atom. The van der Waals surface area contributed by atoms with Gasteiger partial charge in [-0.05, 0) is 44.9 Å². The van der Waals surface area contributed by atoms with Crippen LogP contribution < -0.4 is 5.32 Å². The predicted octanol–water partition coefficient (Wildman–Crippen LogP) is 7.33. The number of carbonyl (C=O) groups excluding carboxylic acids is 1. The van der Waals surface area contributed by atoms with Gasteiger partial charge in [0.1, 0.15) is 24.4 Å². The Balaban J connectivity index is 2.43. The van der Waals surface area contributed by atoms with Crippen molar-refractivity contribution in [2.45, 2.75) is 204 Å². The van der Waals surface area contributed by atoms with E-state index in [-0.39, 0.29) is 12.5 Å². The first-order valence-electron chi connectivity index (χ1n) is 20.2. The summed E-state index contributed by atoms with van der Waals surface area (Å²) in [6.07, 6.45) is 30.6. The fourth-order valence-corrected chi connectivity index (χ4v) is 6.13. The van der Waals surface area contributed by atoms with E-state index in [1.165, 1.54) is 96.3 Å². The summed E-state index contributed by atoms with van der Waals surface area (Å²) in [7, 11) is 0. The van der Waals surface area contributed by atoms with Crippen LogP contribution in [-0.4, -0.2) is 87.5 Å². The van der Waals surface area contributed by atoms with Gasteiger partial charge >= 0.3 is 0 Å². The van der Waals surface area contributed by atoms with Crippen LogP contribution in [0.15, 0.2) is 36.5 Å². The average Bonchev–Trinajstić information content (AvgIpc) is 3.11. The van der Waals surface area contributed by atoms with Crippen LogP contribution in [0.4, 0.5) is 0 Å². The molecule has 1 aliphatic rings. The Bertz CT molecular complexity index is 879. The van der Waals surface area contributed by atoms with E-state index in [0.29, 0.717) is 6.42 Å². The molecule has 9 heteroatoms. The van der Waals surface area contributed by atoms with Crippen LogP contribution in [-0.2, 0) is 14.3 Å². The highest BCUT2D eigenvalue weighted by atomic mass is 16.7. The molecular weight excluding hydrogens is 634 g/mol. The van der Waals surface area contributed by atoms with Gasteiger partial charge < -0.3 is 40.3 Å². The number of hydrogen-bond acceptors (Lipinski definition) is 8. The van der Waals surface area contributed by atoms with Crippen molar-refractivity contribution in [1.29, 1.82) is 0 Å². The lowest BCUT2D eigenvalue weighted by Crippen LogP contribution is -2.60. The van der Waals surface area contributed by atoms with Gasteiger partial charge in [-0.15, -0.1) is 0 Å². The molecule has 0 aliphatic carbocycles. The highest BCUT2D eigenvalue weighted by molar-refractivity contribution is 5.76. The highest BCUT2D eigenvalue weighted by Crippen LogP contribution is 2.22. The van der Waals surface area contributed by atoms with Crippen LogP contribution in [0.2, 0.25) is 0 Å². The number of ether oxygens (including phenoxy) is 2. The van der Waals surface area contributed by atoms with Gasteiger partial charge in [-0.1, -0.05) is 147 Å². The zero-order chi connectivity index (χ0) is 36.7. The van der Waals surface area contributed by atoms with Crippen molar-refractivity contribution in [3.63, 3.8) is 0 Å². The number of nitrogens with one attached hydrogen (secondary N) is 1. The second-order valence-corrected chi connectivity index (χ2v) is 14.1. The van der Waals surface area contributed by atoms with E-state index in [2.05, 4.69) is 43.5 Å². The van der Waals surface area contributed by atoms with Crippen molar-refractivity contribution in [2.24, 2.45) is 0 Å². The lowest BCUT2D eigenvalue weighted by molar-refractivity contribution is -0.302. The number of rotatable bonds is 32. The summed E-state index contributed by atoms with van der Waals surface area (Å²) in [6, 6.07) is -0.821. The van der Waals surface area contributed by atoms with Crippen LogP contribution in [0.1, 0.15) is 162 Å². The Hall–Kier alpha value is -1.59. The fourth-order valence-electron chi connectivity index (χ4n) is 6.13. The van der Waals surface area contributed by atoms with Crippen molar-refractivity contribution in [2.75, 3.05) is 13.2 Å². The van der Waals surface area contributed by atoms with Gasteiger partial charge in [-0.25, -0.2) is 0 Å². The third-order valence-corrected chi connectivity index (χ3v) is 9.45. The van der Waals surface area contributed by atoms with E-state index >= 15 is 0 Å². The molecule has 0 bridgehead atoms. The molecule has 0 aromatic carbocycles. The third-order valence-electron chi connectivity index (χ3n) is 9.45. The molecule has 9 nitrogen and oxygen atoms in total. The summed E-state index contributed by atoms with van der Waals surface area (Å²) >= 11 is 0. The minimum absolute atomic E-state index is 0.198. The summed E-state index contributed by atoms with van der Waals surface area (Å²) in [5.74, 6) is -0.198. The standard InChI is InChI=1S/C41H75NO8/c1-3-5-7-9-11-13-14-15-16-17-18-19-20-21-22-23-24-26-28-30-35(44)34(42-37(45)31-29-27-25-12-10-8-6-4-2)33-49-41-40(48)39(47)38(46)36(32-43)50-41/h18-19,22-23,28,30,34-36,38-41,43-44,46-48H,3-17,20-21,24-27,29,31-33H2,1-2H3,(H,42,45)/b19-18+,23-22+,30-28+. The molecule has 7 unspecified atom stereocenters. The number of carbonyl (C=O) groups is 1. The van der Waals surface area contributed by atoms with Crippen molar-refractivity contribution in [3.8, 4) is 0 Å². The maximum atomic E-state index is 12.8. The van der Waals surface area contributed by atoms with Gasteiger partial charge in [0.2, 0.25) is 5.91 Å². The number of allylic oxidation sites excluding steroid dienone is 5. The maximum Gasteiger partial charge on any atom is 0.220 e. The number of amides is 1. The highest BCUT2D eigenvalue weighted by Gasteiger charge is 2.44. The van der Waals surface area contributed by atoms with Gasteiger partial charge in [-0.3, -0.25) is 4.79 Å². The van der Waals surface area contributed by atoms with Crippen molar-refractivity contribution in [1.82, 2.24) is 5.32 Å². The van der Waals surface area contributed by atoms with Gasteiger partial charge in [-0.2, -0.15) is 0 Å². The molecule has 0 saturated carbocycles. The van der Waals surface area contributed by atoms with Crippen LogP contribution in [0.3, 0.4) is 0 Å². The van der Waals surface area contributed by atoms with Crippen LogP contribution in [0, 0.1) is 0 Å². The predicted molar refractivity (Wildman–Crippen MR) is 203 cm³/mol. The molecule has 0 aromatic rings. The summed E-state index contributed by atoms with van der Waals surface area (Å²) in [6.45, 7) is 3.69. The van der Waals surface area contributed by atoms with Gasteiger partial charge in [0.25, 0.3) is 0 Å². The minimum atomic E-state index is -1.57. The summed E-state index contributed by atoms with van der Waals surface area (Å²) in [5, 5.41) is 53.8. The van der Waals surface area contributed by atoms with Crippen LogP contribution in [0.5, 0.6) is 0 Å². The Labute approximate surface area is 304 Å². The molecule has 0 radical (unpaired) electrons. The van der Waals surface area contributed by atoms with Crippen LogP contribution in [0.25, 0.3) is 0 Å². The topological polar surface area (TPSA) is 149 Å². The van der Waals surface area contributed by atoms with Crippen molar-refractivity contribution < 1.29 is 39.8 Å². The first-order valence-corrected chi connectivity index (χ1v) is 20.2. The zero-order valence-corrected chi connectivity index (χ0v) is 31.6. The van der Waals surface area contributed by atoms with Crippen LogP contribution >= 0.6 is 0 Å². The summed E-state index contributed by atoms with van der Waals surface area (Å²) in [4.78, 5) is 12.8. The number of aliphatic hydroxyl groups is 5. The first-order chi connectivity index (χ1) is 24.3. The second-order valence-electron chi connectivity index (χ2n) is 14.1. The number of aliphatic hydroxyl groups excluding tert-OH is 5. The minimum Gasteiger partial charge on any atom is -0.394 e. The quantitative estimate of drug-likeness (QED) is 0.0314. The average molecular weight is 710 g/mol. The van der Waals surface area contributed by atoms with E-state index in [0.717, 1.165) is 44.9 Å². The number of unbranched alkanes of at least 4 members (excludes halogenated alkanes) is 18. The lowest BCUT2D eigenvalue weighted by atomic mass is 9.99. The van der Waals surface area contributed by atoms with E-state index in [1.54, 1.807) is 6.08 Å². The molecule has 50 heavy (non-hydrogen) atoms. The molecule has 1 aliphatic heterocycles. The Morgan fingerprint density at radius 3 is 1.68 bits per heavy atom. The zero-order valence-electron chi connectivity index (χ0n) is 31.6. The molecule has 7 atom stereocenters. The summed E-state index contributed by atoms with van der Waals surface area (Å²) in [5.41, 5.74) is 0. The van der Waals surface area contributed by atoms with E-state index in [1.807, 2.05) is 6.08 Å². The molecule has 0 spiro atoms. The molecule has 1 rings (SSSR count). The summed E-state index contributed by atoms with van der Waals surface area (Å²) < 4.78 is 11.1. The molecule has 1 amide bonds. The fraction of sp³-hybridized carbons (Fsp3) is 0.829. The molecule has 1 saturated heterocycles. The Kier molecular flexibility index (Phi) is 29.8. The number of hydrogen-bond donors (Lipinski definition) is 6. The molecule has 1 heterocycles. The molecule has 0 aromatic heterocycles. The van der Waals surface area contributed by atoms with Crippen molar-refractivity contribution >= 4 is 5.91 Å². The van der Waals surface area contributed by atoms with Crippen molar-refractivity contribution in [3.05, 3.63) is 36.5 Å². The van der Waals surface area contributed by atoms with E-state index in [4.69, 9.17) is 9.47 Å². The lowest BCUT2D eigenvalue weighted by Gasteiger charge is -2.40. The second kappa shape index (κ2) is 32.1. The van der Waals surface area contributed by atoms with Gasteiger partial charge in [0, 0.05) is 6.42 Å².